The number of anilines is 2. The van der Waals surface area contributed by atoms with Crippen molar-refractivity contribution in [1.29, 1.82) is 0 Å². The summed E-state index contributed by atoms with van der Waals surface area (Å²) in [7, 11) is 3.75. The van der Waals surface area contributed by atoms with Crippen LogP contribution in [-0.2, 0) is 6.54 Å². The van der Waals surface area contributed by atoms with Gasteiger partial charge in [-0.25, -0.2) is 9.97 Å². The second-order valence-electron chi connectivity index (χ2n) is 5.64. The fourth-order valence-corrected chi connectivity index (χ4v) is 2.28. The van der Waals surface area contributed by atoms with E-state index in [4.69, 9.17) is 4.74 Å². The minimum Gasteiger partial charge on any atom is -0.497 e. The van der Waals surface area contributed by atoms with Gasteiger partial charge in [-0.15, -0.1) is 0 Å². The van der Waals surface area contributed by atoms with Gasteiger partial charge in [0.15, 0.2) is 0 Å². The number of nitrogens with one attached hydrogen (secondary N) is 1. The van der Waals surface area contributed by atoms with Crippen LogP contribution in [0.3, 0.4) is 0 Å². The van der Waals surface area contributed by atoms with E-state index in [0.717, 1.165) is 42.7 Å². The van der Waals surface area contributed by atoms with Crippen molar-refractivity contribution >= 4 is 11.6 Å². The first-order valence-corrected chi connectivity index (χ1v) is 8.06. The fraction of sp³-hybridized carbons (Fsp3) is 0.444. The molecule has 1 aromatic carbocycles. The van der Waals surface area contributed by atoms with Crippen LogP contribution in [0.4, 0.5) is 11.6 Å². The maximum absolute atomic E-state index is 5.18. The Kier molecular flexibility index (Phi) is 6.20. The van der Waals surface area contributed by atoms with E-state index in [2.05, 4.69) is 34.2 Å². The van der Waals surface area contributed by atoms with Gasteiger partial charge in [-0.05, 0) is 31.0 Å². The molecule has 0 bridgehead atoms. The molecule has 1 aromatic heterocycles. The lowest BCUT2D eigenvalue weighted by Gasteiger charge is -2.19. The summed E-state index contributed by atoms with van der Waals surface area (Å²) < 4.78 is 5.18. The number of rotatable bonds is 8. The van der Waals surface area contributed by atoms with Crippen molar-refractivity contribution in [3.63, 3.8) is 0 Å². The molecule has 0 spiro atoms. The lowest BCUT2D eigenvalue weighted by molar-refractivity contribution is 0.414. The summed E-state index contributed by atoms with van der Waals surface area (Å²) in [5.74, 6) is 3.46. The number of hydrogen-bond donors (Lipinski definition) is 1. The SMILES string of the molecule is CCCCN(C)c1cc(NCc2ccc(OC)cc2)nc(C)n1. The van der Waals surface area contributed by atoms with Crippen LogP contribution in [0, 0.1) is 6.92 Å². The molecule has 0 aliphatic rings. The van der Waals surface area contributed by atoms with Crippen LogP contribution >= 0.6 is 0 Å². The average molecular weight is 314 g/mol. The van der Waals surface area contributed by atoms with Crippen LogP contribution in [0.5, 0.6) is 5.75 Å². The molecule has 5 heteroatoms. The number of nitrogens with zero attached hydrogens (tertiary/aromatic N) is 3. The number of benzene rings is 1. The van der Waals surface area contributed by atoms with Gasteiger partial charge in [-0.1, -0.05) is 25.5 Å². The van der Waals surface area contributed by atoms with Crippen molar-refractivity contribution < 1.29 is 4.74 Å². The molecular weight excluding hydrogens is 288 g/mol. The average Bonchev–Trinajstić information content (AvgIpc) is 2.57. The van der Waals surface area contributed by atoms with E-state index in [0.29, 0.717) is 0 Å². The highest BCUT2D eigenvalue weighted by atomic mass is 16.5. The van der Waals surface area contributed by atoms with Gasteiger partial charge in [-0.3, -0.25) is 0 Å². The van der Waals surface area contributed by atoms with E-state index < -0.39 is 0 Å². The Labute approximate surface area is 138 Å². The van der Waals surface area contributed by atoms with Crippen LogP contribution in [0.2, 0.25) is 0 Å². The van der Waals surface area contributed by atoms with Crippen LogP contribution in [-0.4, -0.2) is 30.7 Å². The second kappa shape index (κ2) is 8.36. The molecule has 1 heterocycles. The third-order valence-corrected chi connectivity index (χ3v) is 3.70. The summed E-state index contributed by atoms with van der Waals surface area (Å²) in [5, 5.41) is 3.37. The Morgan fingerprint density at radius 2 is 1.91 bits per heavy atom. The summed E-state index contributed by atoms with van der Waals surface area (Å²) in [5.41, 5.74) is 1.18. The van der Waals surface area contributed by atoms with Crippen molar-refractivity contribution in [2.75, 3.05) is 30.9 Å². The molecule has 23 heavy (non-hydrogen) atoms. The topological polar surface area (TPSA) is 50.3 Å². The molecular formula is C18H26N4O. The van der Waals surface area contributed by atoms with Crippen LogP contribution in [0.25, 0.3) is 0 Å². The first-order chi connectivity index (χ1) is 11.1. The highest BCUT2D eigenvalue weighted by Crippen LogP contribution is 2.17. The fourth-order valence-electron chi connectivity index (χ4n) is 2.28. The maximum atomic E-state index is 5.18. The standard InChI is InChI=1S/C18H26N4O/c1-5-6-11-22(3)18-12-17(20-14(2)21-18)19-13-15-7-9-16(23-4)10-8-15/h7-10,12H,5-6,11,13H2,1-4H3,(H,19,20,21). The zero-order valence-corrected chi connectivity index (χ0v) is 14.5. The molecule has 0 aliphatic carbocycles. The molecule has 0 fully saturated rings. The van der Waals surface area contributed by atoms with Gasteiger partial charge in [0.25, 0.3) is 0 Å². The van der Waals surface area contributed by atoms with E-state index in [9.17, 15) is 0 Å². The van der Waals surface area contributed by atoms with Crippen LogP contribution in [0.15, 0.2) is 30.3 Å². The Balaban J connectivity index is 2.02. The summed E-state index contributed by atoms with van der Waals surface area (Å²) in [6, 6.07) is 10.0. The summed E-state index contributed by atoms with van der Waals surface area (Å²) in [6.45, 7) is 5.85. The van der Waals surface area contributed by atoms with Gasteiger partial charge in [0.05, 0.1) is 7.11 Å². The third kappa shape index (κ3) is 5.13. The van der Waals surface area contributed by atoms with Gasteiger partial charge in [0, 0.05) is 26.2 Å². The first-order valence-electron chi connectivity index (χ1n) is 8.06. The van der Waals surface area contributed by atoms with Crippen molar-refractivity contribution in [1.82, 2.24) is 9.97 Å². The minimum atomic E-state index is 0.721. The summed E-state index contributed by atoms with van der Waals surface area (Å²) >= 11 is 0. The van der Waals surface area contributed by atoms with Gasteiger partial charge in [0.1, 0.15) is 23.2 Å². The van der Waals surface area contributed by atoms with E-state index in [1.807, 2.05) is 37.3 Å². The molecule has 0 amide bonds. The molecule has 124 valence electrons. The predicted molar refractivity (Wildman–Crippen MR) is 95.3 cm³/mol. The molecule has 2 rings (SSSR count). The number of aromatic nitrogens is 2. The lowest BCUT2D eigenvalue weighted by Crippen LogP contribution is -2.20. The second-order valence-corrected chi connectivity index (χ2v) is 5.64. The van der Waals surface area contributed by atoms with Crippen LogP contribution < -0.4 is 15.0 Å². The first kappa shape index (κ1) is 17.1. The number of aryl methyl sites for hydroxylation is 1. The number of hydrogen-bond acceptors (Lipinski definition) is 5. The molecule has 0 saturated heterocycles. The molecule has 0 unspecified atom stereocenters. The number of ether oxygens (including phenoxy) is 1. The van der Waals surface area contributed by atoms with Gasteiger partial charge in [-0.2, -0.15) is 0 Å². The zero-order valence-electron chi connectivity index (χ0n) is 14.5. The quantitative estimate of drug-likeness (QED) is 0.806. The molecule has 5 nitrogen and oxygen atoms in total. The highest BCUT2D eigenvalue weighted by Gasteiger charge is 2.06. The molecule has 0 saturated carbocycles. The van der Waals surface area contributed by atoms with Crippen LogP contribution in [0.1, 0.15) is 31.2 Å². The number of unbranched alkanes of at least 4 members (excludes halogenated alkanes) is 1. The largest absolute Gasteiger partial charge is 0.497 e. The lowest BCUT2D eigenvalue weighted by atomic mass is 10.2. The Morgan fingerprint density at radius 1 is 1.17 bits per heavy atom. The predicted octanol–water partition coefficient (Wildman–Crippen LogP) is 3.64. The normalized spacial score (nSPS) is 10.4. The van der Waals surface area contributed by atoms with Crippen molar-refractivity contribution in [2.45, 2.75) is 33.2 Å². The van der Waals surface area contributed by atoms with Gasteiger partial charge >= 0.3 is 0 Å². The van der Waals surface area contributed by atoms with Crippen molar-refractivity contribution in [2.24, 2.45) is 0 Å². The van der Waals surface area contributed by atoms with Crippen molar-refractivity contribution in [3.8, 4) is 5.75 Å². The Hall–Kier alpha value is -2.30. The van der Waals surface area contributed by atoms with Crippen molar-refractivity contribution in [3.05, 3.63) is 41.7 Å². The van der Waals surface area contributed by atoms with Gasteiger partial charge < -0.3 is 15.0 Å². The summed E-state index contributed by atoms with van der Waals surface area (Å²) in [4.78, 5) is 11.2. The summed E-state index contributed by atoms with van der Waals surface area (Å²) in [6.07, 6.45) is 2.34. The third-order valence-electron chi connectivity index (χ3n) is 3.70. The molecule has 1 N–H and O–H groups in total. The smallest absolute Gasteiger partial charge is 0.134 e. The minimum absolute atomic E-state index is 0.721. The van der Waals surface area contributed by atoms with Gasteiger partial charge in [0.2, 0.25) is 0 Å². The Bertz CT molecular complexity index is 613. The monoisotopic (exact) mass is 314 g/mol. The number of methoxy groups -OCH3 is 1. The van der Waals surface area contributed by atoms with E-state index in [-0.39, 0.29) is 0 Å². The molecule has 2 aromatic rings. The van der Waals surface area contributed by atoms with E-state index >= 15 is 0 Å². The Morgan fingerprint density at radius 3 is 2.57 bits per heavy atom. The zero-order chi connectivity index (χ0) is 16.7. The maximum Gasteiger partial charge on any atom is 0.134 e. The highest BCUT2D eigenvalue weighted by molar-refractivity contribution is 5.49. The molecule has 0 atom stereocenters. The molecule has 0 radical (unpaired) electrons. The molecule has 0 aliphatic heterocycles. The van der Waals surface area contributed by atoms with E-state index in [1.165, 1.54) is 12.0 Å². The van der Waals surface area contributed by atoms with E-state index in [1.54, 1.807) is 7.11 Å².